The molecule has 0 spiro atoms. The number of amides is 2. The summed E-state index contributed by atoms with van der Waals surface area (Å²) in [5, 5.41) is 3.00. The molecule has 0 radical (unpaired) electrons. The van der Waals surface area contributed by atoms with Gasteiger partial charge in [0.15, 0.2) is 0 Å². The quantitative estimate of drug-likeness (QED) is 0.781. The molecule has 1 saturated carbocycles. The molecule has 1 aliphatic carbocycles. The minimum absolute atomic E-state index is 0.0145. The predicted octanol–water partition coefficient (Wildman–Crippen LogP) is 3.85. The number of benzene rings is 2. The Morgan fingerprint density at radius 1 is 0.862 bits per heavy atom. The van der Waals surface area contributed by atoms with Gasteiger partial charge in [0.1, 0.15) is 0 Å². The summed E-state index contributed by atoms with van der Waals surface area (Å²) in [5.41, 5.74) is 3.22. The Hall–Kier alpha value is -2.62. The van der Waals surface area contributed by atoms with Crippen molar-refractivity contribution in [2.24, 2.45) is 11.8 Å². The van der Waals surface area contributed by atoms with Gasteiger partial charge < -0.3 is 10.2 Å². The van der Waals surface area contributed by atoms with Crippen LogP contribution in [-0.2, 0) is 17.6 Å². The van der Waals surface area contributed by atoms with Crippen molar-refractivity contribution < 1.29 is 9.59 Å². The maximum absolute atomic E-state index is 12.3. The Morgan fingerprint density at radius 3 is 2.21 bits per heavy atom. The van der Waals surface area contributed by atoms with Crippen molar-refractivity contribution in [2.75, 3.05) is 19.6 Å². The highest BCUT2D eigenvalue weighted by Gasteiger charge is 2.34. The second-order valence-corrected chi connectivity index (χ2v) is 8.44. The van der Waals surface area contributed by atoms with Gasteiger partial charge in [-0.2, -0.15) is 0 Å². The van der Waals surface area contributed by atoms with Crippen LogP contribution < -0.4 is 5.32 Å². The van der Waals surface area contributed by atoms with Crippen LogP contribution in [0.2, 0.25) is 0 Å². The van der Waals surface area contributed by atoms with Gasteiger partial charge in [0.2, 0.25) is 5.91 Å². The number of rotatable bonds is 7. The summed E-state index contributed by atoms with van der Waals surface area (Å²) in [4.78, 5) is 26.6. The number of nitrogens with zero attached hydrogens (tertiary/aromatic N) is 1. The first-order chi connectivity index (χ1) is 14.2. The van der Waals surface area contributed by atoms with Crippen molar-refractivity contribution in [1.29, 1.82) is 0 Å². The van der Waals surface area contributed by atoms with Gasteiger partial charge in [-0.1, -0.05) is 42.5 Å². The summed E-state index contributed by atoms with van der Waals surface area (Å²) in [6.07, 6.45) is 6.21. The molecule has 1 aliphatic heterocycles. The fourth-order valence-corrected chi connectivity index (χ4v) is 4.14. The molecule has 2 aromatic rings. The van der Waals surface area contributed by atoms with Crippen molar-refractivity contribution in [1.82, 2.24) is 10.2 Å². The second kappa shape index (κ2) is 9.25. The van der Waals surface area contributed by atoms with E-state index in [0.717, 1.165) is 51.6 Å². The summed E-state index contributed by atoms with van der Waals surface area (Å²) in [6, 6.07) is 18.2. The lowest BCUT2D eigenvalue weighted by atomic mass is 9.89. The van der Waals surface area contributed by atoms with Gasteiger partial charge in [-0.25, -0.2) is 0 Å². The fourth-order valence-electron chi connectivity index (χ4n) is 4.14. The summed E-state index contributed by atoms with van der Waals surface area (Å²) in [7, 11) is 0. The molecule has 2 fully saturated rings. The zero-order valence-corrected chi connectivity index (χ0v) is 17.0. The van der Waals surface area contributed by atoms with Crippen molar-refractivity contribution in [3.63, 3.8) is 0 Å². The van der Waals surface area contributed by atoms with Crippen LogP contribution in [0.5, 0.6) is 0 Å². The maximum Gasteiger partial charge on any atom is 0.251 e. The number of hydrogen-bond donors (Lipinski definition) is 1. The van der Waals surface area contributed by atoms with E-state index in [2.05, 4.69) is 34.5 Å². The van der Waals surface area contributed by atoms with Gasteiger partial charge in [0.05, 0.1) is 0 Å². The van der Waals surface area contributed by atoms with E-state index in [0.29, 0.717) is 29.9 Å². The largest absolute Gasteiger partial charge is 0.352 e. The molecule has 0 aromatic heterocycles. The first-order valence-electron chi connectivity index (χ1n) is 10.9. The van der Waals surface area contributed by atoms with Crippen LogP contribution in [-0.4, -0.2) is 36.3 Å². The molecule has 0 atom stereocenters. The monoisotopic (exact) mass is 390 g/mol. The molecule has 4 rings (SSSR count). The predicted molar refractivity (Wildman–Crippen MR) is 115 cm³/mol. The standard InChI is InChI=1S/C25H30N2O2/c28-24(26-15-12-19-4-2-1-3-5-19)22-8-6-20(7-9-22)18-21-13-16-27(17-14-21)25(29)23-10-11-23/h1-9,21,23H,10-18H2,(H,26,28). The number of nitrogens with one attached hydrogen (secondary N) is 1. The smallest absolute Gasteiger partial charge is 0.251 e. The normalized spacial score (nSPS) is 17.2. The van der Waals surface area contributed by atoms with E-state index in [9.17, 15) is 9.59 Å². The molecule has 1 N–H and O–H groups in total. The van der Waals surface area contributed by atoms with Crippen molar-refractivity contribution in [2.45, 2.75) is 38.5 Å². The first kappa shape index (κ1) is 19.7. The Balaban J connectivity index is 1.20. The van der Waals surface area contributed by atoms with Gasteiger partial charge in [0.25, 0.3) is 5.91 Å². The highest BCUT2D eigenvalue weighted by atomic mass is 16.2. The molecular formula is C25H30N2O2. The molecule has 152 valence electrons. The van der Waals surface area contributed by atoms with Crippen LogP contribution in [0.1, 0.15) is 47.2 Å². The Morgan fingerprint density at radius 2 is 1.55 bits per heavy atom. The molecule has 1 heterocycles. The number of hydrogen-bond acceptors (Lipinski definition) is 2. The van der Waals surface area contributed by atoms with Crippen LogP contribution in [0.15, 0.2) is 54.6 Å². The average Bonchev–Trinajstić information content (AvgIpc) is 3.60. The van der Waals surface area contributed by atoms with Crippen LogP contribution in [0.25, 0.3) is 0 Å². The van der Waals surface area contributed by atoms with Gasteiger partial charge in [-0.05, 0) is 67.7 Å². The first-order valence-corrected chi connectivity index (χ1v) is 10.9. The van der Waals surface area contributed by atoms with Gasteiger partial charge in [0, 0.05) is 31.1 Å². The summed E-state index contributed by atoms with van der Waals surface area (Å²) >= 11 is 0. The molecule has 2 aliphatic rings. The van der Waals surface area contributed by atoms with Crippen LogP contribution in [0.3, 0.4) is 0 Å². The van der Waals surface area contributed by atoms with E-state index in [1.807, 2.05) is 30.3 Å². The molecule has 4 nitrogen and oxygen atoms in total. The van der Waals surface area contributed by atoms with Crippen LogP contribution in [0.4, 0.5) is 0 Å². The third-order valence-electron chi connectivity index (χ3n) is 6.14. The third-order valence-corrected chi connectivity index (χ3v) is 6.14. The molecule has 0 bridgehead atoms. The number of piperidine rings is 1. The lowest BCUT2D eigenvalue weighted by molar-refractivity contribution is -0.133. The zero-order chi connectivity index (χ0) is 20.1. The highest BCUT2D eigenvalue weighted by Crippen LogP contribution is 2.32. The topological polar surface area (TPSA) is 49.4 Å². The van der Waals surface area contributed by atoms with Crippen LogP contribution >= 0.6 is 0 Å². The van der Waals surface area contributed by atoms with Crippen molar-refractivity contribution in [3.05, 3.63) is 71.3 Å². The van der Waals surface area contributed by atoms with E-state index >= 15 is 0 Å². The number of carbonyl (C=O) groups excluding carboxylic acids is 2. The van der Waals surface area contributed by atoms with Crippen LogP contribution in [0, 0.1) is 11.8 Å². The van der Waals surface area contributed by atoms with Gasteiger partial charge >= 0.3 is 0 Å². The molecular weight excluding hydrogens is 360 g/mol. The van der Waals surface area contributed by atoms with Crippen molar-refractivity contribution in [3.8, 4) is 0 Å². The lowest BCUT2D eigenvalue weighted by Crippen LogP contribution is -2.39. The Kier molecular flexibility index (Phi) is 6.28. The third kappa shape index (κ3) is 5.47. The van der Waals surface area contributed by atoms with Gasteiger partial charge in [-0.15, -0.1) is 0 Å². The Labute approximate surface area is 173 Å². The second-order valence-electron chi connectivity index (χ2n) is 8.44. The fraction of sp³-hybridized carbons (Fsp3) is 0.440. The minimum atomic E-state index is -0.0145. The zero-order valence-electron chi connectivity index (χ0n) is 17.0. The minimum Gasteiger partial charge on any atom is -0.352 e. The van der Waals surface area contributed by atoms with Gasteiger partial charge in [-0.3, -0.25) is 9.59 Å². The maximum atomic E-state index is 12.3. The molecule has 4 heteroatoms. The molecule has 2 aromatic carbocycles. The van der Waals surface area contributed by atoms with Crippen molar-refractivity contribution >= 4 is 11.8 Å². The molecule has 1 saturated heterocycles. The van der Waals surface area contributed by atoms with E-state index < -0.39 is 0 Å². The molecule has 29 heavy (non-hydrogen) atoms. The number of likely N-dealkylation sites (tertiary alicyclic amines) is 1. The van der Waals surface area contributed by atoms with E-state index in [1.165, 1.54) is 11.1 Å². The SMILES string of the molecule is O=C(NCCc1ccccc1)c1ccc(CC2CCN(C(=O)C3CC3)CC2)cc1. The Bertz CT molecular complexity index is 820. The summed E-state index contributed by atoms with van der Waals surface area (Å²) < 4.78 is 0. The summed E-state index contributed by atoms with van der Waals surface area (Å²) in [5.74, 6) is 1.33. The molecule has 0 unspecified atom stereocenters. The summed E-state index contributed by atoms with van der Waals surface area (Å²) in [6.45, 7) is 2.45. The highest BCUT2D eigenvalue weighted by molar-refractivity contribution is 5.94. The molecule has 2 amide bonds. The van der Waals surface area contributed by atoms with E-state index in [1.54, 1.807) is 0 Å². The average molecular weight is 391 g/mol. The van der Waals surface area contributed by atoms with E-state index in [-0.39, 0.29) is 5.91 Å². The number of carbonyl (C=O) groups is 2. The lowest BCUT2D eigenvalue weighted by Gasteiger charge is -2.32. The van der Waals surface area contributed by atoms with E-state index in [4.69, 9.17) is 0 Å².